The van der Waals surface area contributed by atoms with Gasteiger partial charge in [0, 0.05) is 29.4 Å². The number of halogens is 1. The summed E-state index contributed by atoms with van der Waals surface area (Å²) >= 11 is 7.48. The Balaban J connectivity index is 2.27. The molecule has 1 unspecified atom stereocenters. The first-order valence-electron chi connectivity index (χ1n) is 5.94. The molecule has 1 N–H and O–H groups in total. The third kappa shape index (κ3) is 2.91. The maximum Gasteiger partial charge on any atom is 0.128 e. The summed E-state index contributed by atoms with van der Waals surface area (Å²) in [6.07, 6.45) is 1.57. The quantitative estimate of drug-likeness (QED) is 0.935. The number of aryl methyl sites for hydroxylation is 1. The largest absolute Gasteiger partial charge is 0.496 e. The van der Waals surface area contributed by atoms with E-state index in [0.717, 1.165) is 27.4 Å². The van der Waals surface area contributed by atoms with Gasteiger partial charge in [-0.2, -0.15) is 0 Å². The summed E-state index contributed by atoms with van der Waals surface area (Å²) in [4.78, 5) is 5.17. The van der Waals surface area contributed by atoms with Gasteiger partial charge in [0.2, 0.25) is 0 Å². The van der Waals surface area contributed by atoms with Crippen molar-refractivity contribution in [3.63, 3.8) is 0 Å². The van der Waals surface area contributed by atoms with E-state index < -0.39 is 6.10 Å². The predicted molar refractivity (Wildman–Crippen MR) is 78.3 cm³/mol. The molecule has 0 radical (unpaired) electrons. The molecule has 0 saturated carbocycles. The fourth-order valence-corrected chi connectivity index (χ4v) is 3.26. The third-order valence-corrected chi connectivity index (χ3v) is 4.54. The van der Waals surface area contributed by atoms with Crippen molar-refractivity contribution in [2.45, 2.75) is 26.4 Å². The normalized spacial score (nSPS) is 12.5. The van der Waals surface area contributed by atoms with E-state index in [1.165, 1.54) is 11.3 Å². The standard InChI is InChI=1S/C14H16ClNO2S/c1-8-7-16-11(9(2)13(8)18-3)6-12(17)14-10(15)4-5-19-14/h4-5,7,12,17H,6H2,1-3H3. The van der Waals surface area contributed by atoms with Gasteiger partial charge in [-0.3, -0.25) is 4.98 Å². The van der Waals surface area contributed by atoms with Gasteiger partial charge < -0.3 is 9.84 Å². The summed E-state index contributed by atoms with van der Waals surface area (Å²) in [5.74, 6) is 0.828. The Bertz CT molecular complexity index is 583. The Labute approximate surface area is 121 Å². The highest BCUT2D eigenvalue weighted by Crippen LogP contribution is 2.32. The molecular formula is C14H16ClNO2S. The van der Waals surface area contributed by atoms with Crippen LogP contribution in [0, 0.1) is 13.8 Å². The van der Waals surface area contributed by atoms with Crippen LogP contribution >= 0.6 is 22.9 Å². The molecule has 1 atom stereocenters. The number of ether oxygens (including phenoxy) is 1. The number of aliphatic hydroxyl groups excluding tert-OH is 1. The molecule has 0 aliphatic heterocycles. The van der Waals surface area contributed by atoms with Gasteiger partial charge in [-0.1, -0.05) is 11.6 Å². The monoisotopic (exact) mass is 297 g/mol. The van der Waals surface area contributed by atoms with Crippen LogP contribution in [0.4, 0.5) is 0 Å². The molecule has 0 aliphatic carbocycles. The molecule has 102 valence electrons. The molecule has 0 aliphatic rings. The molecule has 0 saturated heterocycles. The summed E-state index contributed by atoms with van der Waals surface area (Å²) in [5.41, 5.74) is 2.79. The Kier molecular flexibility index (Phi) is 4.45. The van der Waals surface area contributed by atoms with Gasteiger partial charge in [-0.05, 0) is 25.3 Å². The zero-order chi connectivity index (χ0) is 14.0. The number of methoxy groups -OCH3 is 1. The number of hydrogen-bond donors (Lipinski definition) is 1. The van der Waals surface area contributed by atoms with Gasteiger partial charge in [0.1, 0.15) is 5.75 Å². The number of pyridine rings is 1. The molecule has 5 heteroatoms. The molecule has 19 heavy (non-hydrogen) atoms. The zero-order valence-corrected chi connectivity index (χ0v) is 12.7. The first-order valence-corrected chi connectivity index (χ1v) is 7.20. The molecule has 0 bridgehead atoms. The van der Waals surface area contributed by atoms with Crippen molar-refractivity contribution < 1.29 is 9.84 Å². The van der Waals surface area contributed by atoms with E-state index in [1.54, 1.807) is 19.4 Å². The average Bonchev–Trinajstić information content (AvgIpc) is 2.80. The Hall–Kier alpha value is -1.10. The maximum absolute atomic E-state index is 10.2. The highest BCUT2D eigenvalue weighted by molar-refractivity contribution is 7.10. The molecule has 2 heterocycles. The topological polar surface area (TPSA) is 42.4 Å². The number of aromatic nitrogens is 1. The van der Waals surface area contributed by atoms with E-state index in [0.29, 0.717) is 11.4 Å². The molecule has 0 fully saturated rings. The second kappa shape index (κ2) is 5.90. The number of hydrogen-bond acceptors (Lipinski definition) is 4. The first kappa shape index (κ1) is 14.3. The van der Waals surface area contributed by atoms with E-state index in [9.17, 15) is 5.11 Å². The van der Waals surface area contributed by atoms with Crippen LogP contribution < -0.4 is 4.74 Å². The highest BCUT2D eigenvalue weighted by atomic mass is 35.5. The maximum atomic E-state index is 10.2. The van der Waals surface area contributed by atoms with Crippen LogP contribution in [0.25, 0.3) is 0 Å². The fourth-order valence-electron chi connectivity index (χ4n) is 2.10. The SMILES string of the molecule is COc1c(C)cnc(CC(O)c2sccc2Cl)c1C. The highest BCUT2D eigenvalue weighted by Gasteiger charge is 2.17. The second-order valence-electron chi connectivity index (χ2n) is 4.40. The molecular weight excluding hydrogens is 282 g/mol. The van der Waals surface area contributed by atoms with Crippen LogP contribution in [0.3, 0.4) is 0 Å². The Morgan fingerprint density at radius 2 is 2.21 bits per heavy atom. The summed E-state index contributed by atoms with van der Waals surface area (Å²) in [6.45, 7) is 3.91. The van der Waals surface area contributed by atoms with Gasteiger partial charge in [0.15, 0.2) is 0 Å². The first-order chi connectivity index (χ1) is 9.04. The smallest absolute Gasteiger partial charge is 0.128 e. The number of thiophene rings is 1. The number of rotatable bonds is 4. The van der Waals surface area contributed by atoms with Crippen molar-refractivity contribution in [3.05, 3.63) is 44.4 Å². The van der Waals surface area contributed by atoms with Gasteiger partial charge in [-0.15, -0.1) is 11.3 Å². The minimum absolute atomic E-state index is 0.433. The van der Waals surface area contributed by atoms with Crippen molar-refractivity contribution in [3.8, 4) is 5.75 Å². The van der Waals surface area contributed by atoms with Crippen LogP contribution in [0.5, 0.6) is 5.75 Å². The predicted octanol–water partition coefficient (Wildman–Crippen LogP) is 3.70. The van der Waals surface area contributed by atoms with Crippen molar-refractivity contribution in [1.82, 2.24) is 4.98 Å². The van der Waals surface area contributed by atoms with E-state index >= 15 is 0 Å². The van der Waals surface area contributed by atoms with Crippen LogP contribution in [0.1, 0.15) is 27.8 Å². The van der Waals surface area contributed by atoms with Crippen molar-refractivity contribution in [2.75, 3.05) is 7.11 Å². The lowest BCUT2D eigenvalue weighted by molar-refractivity contribution is 0.180. The number of nitrogens with zero attached hydrogens (tertiary/aromatic N) is 1. The molecule has 0 amide bonds. The van der Waals surface area contributed by atoms with E-state index in [4.69, 9.17) is 16.3 Å². The molecule has 0 aromatic carbocycles. The molecule has 2 aromatic heterocycles. The lowest BCUT2D eigenvalue weighted by atomic mass is 10.1. The number of aliphatic hydroxyl groups is 1. The van der Waals surface area contributed by atoms with Gasteiger partial charge >= 0.3 is 0 Å². The Morgan fingerprint density at radius 3 is 2.79 bits per heavy atom. The summed E-state index contributed by atoms with van der Waals surface area (Å²) < 4.78 is 5.37. The van der Waals surface area contributed by atoms with Gasteiger partial charge in [0.05, 0.1) is 23.1 Å². The van der Waals surface area contributed by atoms with Crippen LogP contribution in [0.2, 0.25) is 5.02 Å². The zero-order valence-electron chi connectivity index (χ0n) is 11.1. The van der Waals surface area contributed by atoms with Gasteiger partial charge in [-0.25, -0.2) is 0 Å². The van der Waals surface area contributed by atoms with Crippen LogP contribution in [0.15, 0.2) is 17.6 Å². The van der Waals surface area contributed by atoms with Crippen molar-refractivity contribution in [2.24, 2.45) is 0 Å². The molecule has 0 spiro atoms. The van der Waals surface area contributed by atoms with Gasteiger partial charge in [0.25, 0.3) is 0 Å². The van der Waals surface area contributed by atoms with Crippen LogP contribution in [-0.2, 0) is 6.42 Å². The minimum atomic E-state index is -0.633. The van der Waals surface area contributed by atoms with Crippen LogP contribution in [-0.4, -0.2) is 17.2 Å². The van der Waals surface area contributed by atoms with Crippen molar-refractivity contribution in [1.29, 1.82) is 0 Å². The lowest BCUT2D eigenvalue weighted by Crippen LogP contribution is -2.06. The summed E-state index contributed by atoms with van der Waals surface area (Å²) in [5, 5.41) is 12.7. The van der Waals surface area contributed by atoms with E-state index in [1.807, 2.05) is 19.2 Å². The minimum Gasteiger partial charge on any atom is -0.496 e. The van der Waals surface area contributed by atoms with E-state index in [2.05, 4.69) is 4.98 Å². The molecule has 3 nitrogen and oxygen atoms in total. The second-order valence-corrected chi connectivity index (χ2v) is 5.75. The molecule has 2 rings (SSSR count). The third-order valence-electron chi connectivity index (χ3n) is 3.08. The lowest BCUT2D eigenvalue weighted by Gasteiger charge is -2.14. The fraction of sp³-hybridized carbons (Fsp3) is 0.357. The summed E-state index contributed by atoms with van der Waals surface area (Å²) in [7, 11) is 1.64. The average molecular weight is 298 g/mol. The Morgan fingerprint density at radius 1 is 1.47 bits per heavy atom. The van der Waals surface area contributed by atoms with Crippen molar-refractivity contribution >= 4 is 22.9 Å². The van der Waals surface area contributed by atoms with E-state index in [-0.39, 0.29) is 0 Å². The summed E-state index contributed by atoms with van der Waals surface area (Å²) in [6, 6.07) is 1.79. The molecule has 2 aromatic rings.